The SMILES string of the molecule is O=C(Nc1ccccc1)c1cc2cc(COO)ccc2cc1O. The first-order chi connectivity index (χ1) is 11.2. The Morgan fingerprint density at radius 3 is 2.52 bits per heavy atom. The van der Waals surface area contributed by atoms with E-state index in [4.69, 9.17) is 5.26 Å². The predicted octanol–water partition coefficient (Wildman–Crippen LogP) is 3.79. The molecule has 3 rings (SSSR count). The van der Waals surface area contributed by atoms with Crippen molar-refractivity contribution in [3.8, 4) is 5.75 Å². The van der Waals surface area contributed by atoms with Crippen LogP contribution in [0.2, 0.25) is 0 Å². The molecule has 116 valence electrons. The third kappa shape index (κ3) is 3.31. The summed E-state index contributed by atoms with van der Waals surface area (Å²) in [6, 6.07) is 17.6. The Kier molecular flexibility index (Phi) is 4.23. The monoisotopic (exact) mass is 309 g/mol. The number of hydrogen-bond donors (Lipinski definition) is 3. The van der Waals surface area contributed by atoms with Gasteiger partial charge in [-0.25, -0.2) is 4.89 Å². The van der Waals surface area contributed by atoms with Gasteiger partial charge in [0.25, 0.3) is 5.91 Å². The lowest BCUT2D eigenvalue weighted by Crippen LogP contribution is -2.12. The van der Waals surface area contributed by atoms with Crippen LogP contribution in [0.1, 0.15) is 15.9 Å². The van der Waals surface area contributed by atoms with Crippen LogP contribution in [0, 0.1) is 0 Å². The molecule has 1 amide bonds. The van der Waals surface area contributed by atoms with Gasteiger partial charge in [0.05, 0.1) is 5.56 Å². The fourth-order valence-corrected chi connectivity index (χ4v) is 2.40. The Labute approximate surface area is 132 Å². The van der Waals surface area contributed by atoms with Crippen LogP contribution in [0.15, 0.2) is 60.7 Å². The molecule has 0 heterocycles. The van der Waals surface area contributed by atoms with Crippen LogP contribution < -0.4 is 5.32 Å². The van der Waals surface area contributed by atoms with Crippen LogP contribution in [0.5, 0.6) is 5.75 Å². The maximum atomic E-state index is 12.4. The summed E-state index contributed by atoms with van der Waals surface area (Å²) in [7, 11) is 0. The summed E-state index contributed by atoms with van der Waals surface area (Å²) in [5.41, 5.74) is 1.60. The van der Waals surface area contributed by atoms with Gasteiger partial charge in [-0.3, -0.25) is 10.1 Å². The van der Waals surface area contributed by atoms with E-state index in [1.165, 1.54) is 0 Å². The molecule has 23 heavy (non-hydrogen) atoms. The van der Waals surface area contributed by atoms with Crippen LogP contribution in [-0.4, -0.2) is 16.3 Å². The Bertz CT molecular complexity index is 846. The number of hydrogen-bond acceptors (Lipinski definition) is 4. The van der Waals surface area contributed by atoms with E-state index in [1.54, 1.807) is 42.5 Å². The smallest absolute Gasteiger partial charge is 0.259 e. The molecular weight excluding hydrogens is 294 g/mol. The maximum absolute atomic E-state index is 12.4. The molecule has 0 atom stereocenters. The quantitative estimate of drug-likeness (QED) is 0.506. The topological polar surface area (TPSA) is 78.8 Å². The van der Waals surface area contributed by atoms with E-state index >= 15 is 0 Å². The molecule has 0 aliphatic heterocycles. The van der Waals surface area contributed by atoms with E-state index in [0.717, 1.165) is 16.3 Å². The van der Waals surface area contributed by atoms with Crippen molar-refractivity contribution in [2.24, 2.45) is 0 Å². The summed E-state index contributed by atoms with van der Waals surface area (Å²) < 4.78 is 0. The van der Waals surface area contributed by atoms with Crippen LogP contribution in [0.25, 0.3) is 10.8 Å². The fraction of sp³-hybridized carbons (Fsp3) is 0.0556. The summed E-state index contributed by atoms with van der Waals surface area (Å²) in [6.45, 7) is 0.0579. The third-order valence-corrected chi connectivity index (χ3v) is 3.53. The average Bonchev–Trinajstić information content (AvgIpc) is 2.55. The van der Waals surface area contributed by atoms with Crippen molar-refractivity contribution in [2.75, 3.05) is 5.32 Å². The minimum absolute atomic E-state index is 0.0579. The van der Waals surface area contributed by atoms with Gasteiger partial charge in [-0.05, 0) is 46.7 Å². The number of rotatable bonds is 4. The summed E-state index contributed by atoms with van der Waals surface area (Å²) in [5, 5.41) is 22.9. The molecule has 5 heteroatoms. The van der Waals surface area contributed by atoms with Crippen LogP contribution in [0.3, 0.4) is 0 Å². The summed E-state index contributed by atoms with van der Waals surface area (Å²) >= 11 is 0. The Hall–Kier alpha value is -2.89. The molecule has 5 nitrogen and oxygen atoms in total. The van der Waals surface area contributed by atoms with E-state index in [9.17, 15) is 9.90 Å². The highest BCUT2D eigenvalue weighted by Gasteiger charge is 2.13. The molecule has 3 aromatic carbocycles. The predicted molar refractivity (Wildman–Crippen MR) is 87.4 cm³/mol. The van der Waals surface area contributed by atoms with Crippen LogP contribution in [-0.2, 0) is 11.5 Å². The van der Waals surface area contributed by atoms with Crippen molar-refractivity contribution >= 4 is 22.4 Å². The minimum Gasteiger partial charge on any atom is -0.507 e. The zero-order valence-electron chi connectivity index (χ0n) is 12.2. The van der Waals surface area contributed by atoms with E-state index < -0.39 is 0 Å². The highest BCUT2D eigenvalue weighted by Crippen LogP contribution is 2.27. The number of phenolic OH excluding ortho intramolecular Hbond substituents is 1. The highest BCUT2D eigenvalue weighted by molar-refractivity contribution is 6.08. The summed E-state index contributed by atoms with van der Waals surface area (Å²) in [6.07, 6.45) is 0. The van der Waals surface area contributed by atoms with Crippen molar-refractivity contribution < 1.29 is 20.0 Å². The molecular formula is C18H15NO4. The zero-order valence-corrected chi connectivity index (χ0v) is 12.2. The number of para-hydroxylation sites is 1. The lowest BCUT2D eigenvalue weighted by molar-refractivity contribution is -0.252. The molecule has 0 radical (unpaired) electrons. The lowest BCUT2D eigenvalue weighted by Gasteiger charge is -2.09. The molecule has 0 aliphatic rings. The average molecular weight is 309 g/mol. The van der Waals surface area contributed by atoms with E-state index in [-0.39, 0.29) is 23.8 Å². The molecule has 0 fully saturated rings. The van der Waals surface area contributed by atoms with E-state index in [0.29, 0.717) is 5.69 Å². The number of fused-ring (bicyclic) bond motifs is 1. The Balaban J connectivity index is 1.96. The van der Waals surface area contributed by atoms with Gasteiger partial charge in [0.15, 0.2) is 0 Å². The van der Waals surface area contributed by atoms with Gasteiger partial charge in [-0.1, -0.05) is 30.3 Å². The van der Waals surface area contributed by atoms with Gasteiger partial charge in [0.2, 0.25) is 0 Å². The highest BCUT2D eigenvalue weighted by atomic mass is 17.1. The van der Waals surface area contributed by atoms with Crippen molar-refractivity contribution in [3.05, 3.63) is 71.8 Å². The summed E-state index contributed by atoms with van der Waals surface area (Å²) in [4.78, 5) is 16.5. The number of nitrogens with one attached hydrogen (secondary N) is 1. The second-order valence-electron chi connectivity index (χ2n) is 5.14. The third-order valence-electron chi connectivity index (χ3n) is 3.53. The second-order valence-corrected chi connectivity index (χ2v) is 5.14. The zero-order chi connectivity index (χ0) is 16.2. The number of carbonyl (C=O) groups excluding carboxylic acids is 1. The summed E-state index contributed by atoms with van der Waals surface area (Å²) in [5.74, 6) is -0.475. The molecule has 3 N–H and O–H groups in total. The van der Waals surface area contributed by atoms with E-state index in [1.807, 2.05) is 18.2 Å². The van der Waals surface area contributed by atoms with Crippen molar-refractivity contribution in [2.45, 2.75) is 6.61 Å². The van der Waals surface area contributed by atoms with Gasteiger partial charge >= 0.3 is 0 Å². The normalized spacial score (nSPS) is 10.7. The van der Waals surface area contributed by atoms with Gasteiger partial charge in [-0.15, -0.1) is 0 Å². The first kappa shape index (κ1) is 15.0. The van der Waals surface area contributed by atoms with Crippen molar-refractivity contribution in [1.29, 1.82) is 0 Å². The number of carbonyl (C=O) groups is 1. The molecule has 0 spiro atoms. The first-order valence-corrected chi connectivity index (χ1v) is 7.06. The van der Waals surface area contributed by atoms with Gasteiger partial charge in [-0.2, -0.15) is 0 Å². The first-order valence-electron chi connectivity index (χ1n) is 7.06. The second kappa shape index (κ2) is 6.48. The molecule has 0 bridgehead atoms. The molecule has 0 aliphatic carbocycles. The van der Waals surface area contributed by atoms with Gasteiger partial charge < -0.3 is 10.4 Å². The van der Waals surface area contributed by atoms with E-state index in [2.05, 4.69) is 10.2 Å². The number of benzene rings is 3. The van der Waals surface area contributed by atoms with Crippen LogP contribution >= 0.6 is 0 Å². The Morgan fingerprint density at radius 1 is 1.00 bits per heavy atom. The molecule has 0 aromatic heterocycles. The van der Waals surface area contributed by atoms with Gasteiger partial charge in [0.1, 0.15) is 12.4 Å². The Morgan fingerprint density at radius 2 is 1.78 bits per heavy atom. The van der Waals surface area contributed by atoms with Crippen LogP contribution in [0.4, 0.5) is 5.69 Å². The minimum atomic E-state index is -0.389. The molecule has 0 unspecified atom stereocenters. The maximum Gasteiger partial charge on any atom is 0.259 e. The lowest BCUT2D eigenvalue weighted by atomic mass is 10.0. The fourth-order valence-electron chi connectivity index (χ4n) is 2.40. The molecule has 0 saturated heterocycles. The molecule has 0 saturated carbocycles. The number of amides is 1. The number of aromatic hydroxyl groups is 1. The number of phenols is 1. The van der Waals surface area contributed by atoms with Crippen molar-refractivity contribution in [1.82, 2.24) is 0 Å². The molecule has 3 aromatic rings. The van der Waals surface area contributed by atoms with Crippen molar-refractivity contribution in [3.63, 3.8) is 0 Å². The standard InChI is InChI=1S/C18H15NO4/c20-17-10-13-7-6-12(11-23-22)8-14(13)9-16(17)18(21)19-15-4-2-1-3-5-15/h1-10,20,22H,11H2,(H,19,21). The van der Waals surface area contributed by atoms with Gasteiger partial charge in [0, 0.05) is 5.69 Å². The number of anilines is 1. The largest absolute Gasteiger partial charge is 0.507 e.